The maximum absolute atomic E-state index is 11.8. The summed E-state index contributed by atoms with van der Waals surface area (Å²) in [6, 6.07) is 14.6. The maximum Gasteiger partial charge on any atom is 0.236 e. The molecular weight excluding hydrogens is 348 g/mol. The lowest BCUT2D eigenvalue weighted by atomic mass is 9.86. The van der Waals surface area contributed by atoms with Crippen LogP contribution < -0.4 is 0 Å². The van der Waals surface area contributed by atoms with Gasteiger partial charge in [0.25, 0.3) is 0 Å². The van der Waals surface area contributed by atoms with E-state index in [9.17, 15) is 8.42 Å². The van der Waals surface area contributed by atoms with E-state index in [0.29, 0.717) is 6.54 Å². The van der Waals surface area contributed by atoms with Crippen molar-refractivity contribution in [1.29, 1.82) is 0 Å². The maximum atomic E-state index is 11.8. The second-order valence-corrected chi connectivity index (χ2v) is 8.43. The topological polar surface area (TPSA) is 86.1 Å². The van der Waals surface area contributed by atoms with E-state index >= 15 is 0 Å². The zero-order chi connectivity index (χ0) is 18.7. The van der Waals surface area contributed by atoms with Crippen LogP contribution in [0.15, 0.2) is 47.0 Å². The fraction of sp³-hybridized carbons (Fsp3) is 0.368. The SMILES string of the molecule is Cc1cc2c(cc1C)C(c1ccccc1)N(CCS(=O)(=O)N=[N+]=[N-])CC2. The number of sulfonamides is 1. The Morgan fingerprint density at radius 3 is 2.58 bits per heavy atom. The normalized spacial score (nSPS) is 17.4. The minimum absolute atomic E-state index is 0.000477. The van der Waals surface area contributed by atoms with Crippen LogP contribution in [-0.2, 0) is 16.4 Å². The van der Waals surface area contributed by atoms with Gasteiger partial charge in [0.2, 0.25) is 10.0 Å². The lowest BCUT2D eigenvalue weighted by molar-refractivity contribution is 0.226. The molecule has 2 aromatic rings. The van der Waals surface area contributed by atoms with Crippen LogP contribution in [-0.4, -0.2) is 32.2 Å². The Morgan fingerprint density at radius 2 is 1.88 bits per heavy atom. The highest BCUT2D eigenvalue weighted by molar-refractivity contribution is 7.90. The number of hydrogen-bond donors (Lipinski definition) is 0. The third-order valence-electron chi connectivity index (χ3n) is 5.00. The van der Waals surface area contributed by atoms with Crippen LogP contribution in [0.1, 0.15) is 33.9 Å². The second-order valence-electron chi connectivity index (χ2n) is 6.69. The molecule has 0 radical (unpaired) electrons. The van der Waals surface area contributed by atoms with Crippen LogP contribution in [0.25, 0.3) is 10.4 Å². The Bertz CT molecular complexity index is 951. The molecule has 0 amide bonds. The van der Waals surface area contributed by atoms with E-state index in [2.05, 4.69) is 52.4 Å². The van der Waals surface area contributed by atoms with E-state index in [-0.39, 0.29) is 11.8 Å². The Kier molecular flexibility index (Phi) is 5.32. The van der Waals surface area contributed by atoms with E-state index in [4.69, 9.17) is 5.53 Å². The Morgan fingerprint density at radius 1 is 1.19 bits per heavy atom. The monoisotopic (exact) mass is 370 g/mol. The molecule has 1 aliphatic heterocycles. The molecule has 1 heterocycles. The fourth-order valence-corrected chi connectivity index (χ4v) is 4.21. The van der Waals surface area contributed by atoms with Gasteiger partial charge in [-0.2, -0.15) is 0 Å². The number of benzene rings is 2. The van der Waals surface area contributed by atoms with Gasteiger partial charge in [0.05, 0.1) is 11.8 Å². The molecule has 0 saturated heterocycles. The molecule has 0 aliphatic carbocycles. The first-order valence-electron chi connectivity index (χ1n) is 8.59. The molecule has 1 aliphatic rings. The highest BCUT2D eigenvalue weighted by Crippen LogP contribution is 2.36. The van der Waals surface area contributed by atoms with Crippen molar-refractivity contribution in [3.63, 3.8) is 0 Å². The molecule has 0 spiro atoms. The van der Waals surface area contributed by atoms with Crippen LogP contribution in [0.4, 0.5) is 0 Å². The molecule has 0 aromatic heterocycles. The number of aryl methyl sites for hydroxylation is 2. The van der Waals surface area contributed by atoms with Crippen LogP contribution in [0.5, 0.6) is 0 Å². The van der Waals surface area contributed by atoms with Gasteiger partial charge in [-0.15, -0.1) is 0 Å². The minimum atomic E-state index is -3.76. The molecule has 136 valence electrons. The van der Waals surface area contributed by atoms with Gasteiger partial charge >= 0.3 is 0 Å². The summed E-state index contributed by atoms with van der Waals surface area (Å²) in [6.07, 6.45) is 0.876. The number of hydrogen-bond acceptors (Lipinski definition) is 3. The molecule has 7 heteroatoms. The number of azide groups is 1. The first kappa shape index (κ1) is 18.5. The molecule has 2 aromatic carbocycles. The second kappa shape index (κ2) is 7.50. The molecule has 0 fully saturated rings. The lowest BCUT2D eigenvalue weighted by Gasteiger charge is -2.38. The van der Waals surface area contributed by atoms with Gasteiger partial charge in [0, 0.05) is 22.5 Å². The van der Waals surface area contributed by atoms with Crippen LogP contribution in [0.2, 0.25) is 0 Å². The van der Waals surface area contributed by atoms with E-state index in [1.807, 2.05) is 18.2 Å². The third-order valence-corrected chi connectivity index (χ3v) is 6.02. The van der Waals surface area contributed by atoms with Gasteiger partial charge in [-0.3, -0.25) is 4.90 Å². The Hall–Kier alpha value is -2.34. The summed E-state index contributed by atoms with van der Waals surface area (Å²) < 4.78 is 26.6. The summed E-state index contributed by atoms with van der Waals surface area (Å²) >= 11 is 0. The van der Waals surface area contributed by atoms with Crippen molar-refractivity contribution in [3.05, 3.63) is 80.7 Å². The van der Waals surface area contributed by atoms with Crippen LogP contribution in [0, 0.1) is 13.8 Å². The highest BCUT2D eigenvalue weighted by Gasteiger charge is 2.29. The zero-order valence-electron chi connectivity index (χ0n) is 15.0. The summed E-state index contributed by atoms with van der Waals surface area (Å²) in [5, 5.41) is 0. The molecular formula is C19H22N4O2S. The molecule has 0 bridgehead atoms. The molecule has 26 heavy (non-hydrogen) atoms. The van der Waals surface area contributed by atoms with Gasteiger partial charge < -0.3 is 0 Å². The van der Waals surface area contributed by atoms with Crippen LogP contribution in [0.3, 0.4) is 0 Å². The van der Waals surface area contributed by atoms with Crippen molar-refractivity contribution >= 4 is 10.0 Å². The summed E-state index contributed by atoms with van der Waals surface area (Å²) in [4.78, 5) is 4.59. The quantitative estimate of drug-likeness (QED) is 0.454. The van der Waals surface area contributed by atoms with Gasteiger partial charge in [0.15, 0.2) is 0 Å². The standard InChI is InChI=1S/C19H22N4O2S/c1-14-12-17-8-9-23(10-11-26(24,25)22-21-20)19(18(17)13-15(14)2)16-6-4-3-5-7-16/h3-7,12-13,19H,8-11H2,1-2H3. The van der Waals surface area contributed by atoms with Crippen molar-refractivity contribution in [2.45, 2.75) is 26.3 Å². The highest BCUT2D eigenvalue weighted by atomic mass is 32.2. The number of fused-ring (bicyclic) bond motifs is 1. The average molecular weight is 370 g/mol. The summed E-state index contributed by atoms with van der Waals surface area (Å²) in [5.41, 5.74) is 14.6. The Balaban J connectivity index is 1.99. The minimum Gasteiger partial charge on any atom is -0.291 e. The van der Waals surface area contributed by atoms with Crippen molar-refractivity contribution in [3.8, 4) is 0 Å². The summed E-state index contributed by atoms with van der Waals surface area (Å²) in [5.74, 6) is -0.180. The van der Waals surface area contributed by atoms with Crippen molar-refractivity contribution in [1.82, 2.24) is 4.90 Å². The van der Waals surface area contributed by atoms with E-state index in [1.54, 1.807) is 0 Å². The number of rotatable bonds is 5. The third kappa shape index (κ3) is 3.90. The molecule has 6 nitrogen and oxygen atoms in total. The van der Waals surface area contributed by atoms with Crippen molar-refractivity contribution in [2.24, 2.45) is 4.52 Å². The first-order chi connectivity index (χ1) is 12.4. The fourth-order valence-electron chi connectivity index (χ4n) is 3.55. The van der Waals surface area contributed by atoms with Gasteiger partial charge in [-0.25, -0.2) is 8.42 Å². The predicted octanol–water partition coefficient (Wildman–Crippen LogP) is 3.89. The number of nitrogens with zero attached hydrogens (tertiary/aromatic N) is 4. The van der Waals surface area contributed by atoms with Gasteiger partial charge in [-0.1, -0.05) is 42.5 Å². The smallest absolute Gasteiger partial charge is 0.236 e. The molecule has 1 unspecified atom stereocenters. The molecule has 3 rings (SSSR count). The van der Waals surface area contributed by atoms with Gasteiger partial charge in [-0.05, 0) is 53.6 Å². The largest absolute Gasteiger partial charge is 0.291 e. The molecule has 0 N–H and O–H groups in total. The van der Waals surface area contributed by atoms with Crippen LogP contribution >= 0.6 is 0 Å². The van der Waals surface area contributed by atoms with Crippen molar-refractivity contribution < 1.29 is 8.42 Å². The van der Waals surface area contributed by atoms with E-state index in [1.165, 1.54) is 22.3 Å². The first-order valence-corrected chi connectivity index (χ1v) is 10.2. The summed E-state index contributed by atoms with van der Waals surface area (Å²) in [6.45, 7) is 5.31. The lowest BCUT2D eigenvalue weighted by Crippen LogP contribution is -2.39. The van der Waals surface area contributed by atoms with Gasteiger partial charge in [0.1, 0.15) is 0 Å². The van der Waals surface area contributed by atoms with Crippen molar-refractivity contribution in [2.75, 3.05) is 18.8 Å². The zero-order valence-corrected chi connectivity index (χ0v) is 15.8. The van der Waals surface area contributed by atoms with E-state index in [0.717, 1.165) is 18.5 Å². The summed E-state index contributed by atoms with van der Waals surface area (Å²) in [7, 11) is -3.76. The predicted molar refractivity (Wildman–Crippen MR) is 102 cm³/mol. The average Bonchev–Trinajstić information content (AvgIpc) is 2.61. The molecule has 0 saturated carbocycles. The molecule has 1 atom stereocenters. The van der Waals surface area contributed by atoms with E-state index < -0.39 is 10.0 Å². The Labute approximate surface area is 154 Å².